The molecule has 5 aromatic rings. The molecule has 0 aromatic heterocycles. The van der Waals surface area contributed by atoms with E-state index in [0.717, 1.165) is 10.8 Å². The van der Waals surface area contributed by atoms with Gasteiger partial charge in [-0.15, -0.1) is 64.6 Å². The molecular formula is C33H45Cl2OSi3Ti-3. The van der Waals surface area contributed by atoms with Crippen molar-refractivity contribution >= 4 is 91.3 Å². The Hall–Kier alpha value is -1.25. The second-order valence-electron chi connectivity index (χ2n) is 10.8. The van der Waals surface area contributed by atoms with E-state index < -0.39 is 16.1 Å². The number of rotatable bonds is 2. The summed E-state index contributed by atoms with van der Waals surface area (Å²) in [5, 5.41) is 20.2. The van der Waals surface area contributed by atoms with Crippen molar-refractivity contribution in [1.82, 2.24) is 0 Å². The Balaban J connectivity index is 0. The van der Waals surface area contributed by atoms with Crippen LogP contribution in [-0.4, -0.2) is 28.9 Å². The van der Waals surface area contributed by atoms with Gasteiger partial charge in [0.1, 0.15) is 5.75 Å². The van der Waals surface area contributed by atoms with E-state index in [9.17, 15) is 0 Å². The van der Waals surface area contributed by atoms with Crippen LogP contribution in [0, 0.1) is 13.8 Å². The molecule has 0 spiro atoms. The van der Waals surface area contributed by atoms with Gasteiger partial charge in [0.25, 0.3) is 0 Å². The molecule has 216 valence electrons. The van der Waals surface area contributed by atoms with E-state index in [4.69, 9.17) is 5.11 Å². The van der Waals surface area contributed by atoms with Crippen LogP contribution in [0.4, 0.5) is 0 Å². The molecule has 40 heavy (non-hydrogen) atoms. The third-order valence-corrected chi connectivity index (χ3v) is 10.3. The summed E-state index contributed by atoms with van der Waals surface area (Å²) in [6.45, 7) is 24.5. The van der Waals surface area contributed by atoms with Crippen molar-refractivity contribution < 1.29 is 24.3 Å². The van der Waals surface area contributed by atoms with Gasteiger partial charge in [-0.3, -0.25) is 0 Å². The van der Waals surface area contributed by atoms with E-state index in [0.29, 0.717) is 5.75 Å². The van der Waals surface area contributed by atoms with Gasteiger partial charge in [0, 0.05) is 0 Å². The van der Waals surface area contributed by atoms with Gasteiger partial charge in [0.2, 0.25) is 0 Å². The summed E-state index contributed by atoms with van der Waals surface area (Å²) in [5.74, 6) is 0.323. The first-order chi connectivity index (χ1) is 18.0. The molecule has 1 nitrogen and oxygen atoms in total. The number of halogens is 2. The van der Waals surface area contributed by atoms with Crippen LogP contribution in [0.25, 0.3) is 32.3 Å². The minimum atomic E-state index is -1.25. The van der Waals surface area contributed by atoms with Gasteiger partial charge in [-0.2, -0.15) is 13.8 Å². The van der Waals surface area contributed by atoms with Gasteiger partial charge in [-0.1, -0.05) is 104 Å². The van der Waals surface area contributed by atoms with Crippen molar-refractivity contribution in [3.63, 3.8) is 0 Å². The first kappa shape index (κ1) is 40.9. The van der Waals surface area contributed by atoms with Crippen molar-refractivity contribution in [2.24, 2.45) is 0 Å². The third-order valence-electron chi connectivity index (χ3n) is 6.17. The summed E-state index contributed by atoms with van der Waals surface area (Å²) in [5.41, 5.74) is 0. The number of fused-ring (bicyclic) bond motifs is 4. The summed E-state index contributed by atoms with van der Waals surface area (Å²) in [7, 11) is 0.467. The molecular weight excluding hydrogens is 615 g/mol. The van der Waals surface area contributed by atoms with Crippen molar-refractivity contribution in [2.45, 2.75) is 53.1 Å². The number of phenols is 1. The van der Waals surface area contributed by atoms with E-state index in [1.54, 1.807) is 55.5 Å². The van der Waals surface area contributed by atoms with Gasteiger partial charge < -0.3 is 19.0 Å². The van der Waals surface area contributed by atoms with Gasteiger partial charge >= 0.3 is 26.8 Å². The van der Waals surface area contributed by atoms with E-state index >= 15 is 0 Å². The Bertz CT molecular complexity index is 1370. The summed E-state index contributed by atoms with van der Waals surface area (Å²) >= 11 is 1.81. The molecule has 0 fully saturated rings. The molecule has 0 heterocycles. The van der Waals surface area contributed by atoms with Crippen LogP contribution in [-0.2, 0) is 19.2 Å². The summed E-state index contributed by atoms with van der Waals surface area (Å²) in [6, 6.07) is 29.9. The molecule has 0 unspecified atom stereocenters. The van der Waals surface area contributed by atoms with E-state index in [2.05, 4.69) is 103 Å². The Morgan fingerprint density at radius 1 is 0.600 bits per heavy atom. The van der Waals surface area contributed by atoms with Crippen molar-refractivity contribution in [3.8, 4) is 5.75 Å². The predicted octanol–water partition coefficient (Wildman–Crippen LogP) is 9.49. The Morgan fingerprint density at radius 3 is 1.40 bits per heavy atom. The predicted molar refractivity (Wildman–Crippen MR) is 191 cm³/mol. The fourth-order valence-electron chi connectivity index (χ4n) is 4.11. The number of aromatic hydroxyl groups is 1. The normalized spacial score (nSPS) is 10.1. The van der Waals surface area contributed by atoms with Crippen LogP contribution < -0.4 is 10.4 Å². The molecule has 0 amide bonds. The zero-order valence-corrected chi connectivity index (χ0v) is 31.5. The SMILES string of the molecule is C[Si](C)(C)c1ccc2[cH-]c3ccc([Si](C)(C)C)cc3c2c1.Cl.Cl.Oc1ccc2ccccc2c1.[CH2-]C.[CH2-]C.[Si]=[Ti]. The topological polar surface area (TPSA) is 20.2 Å². The monoisotopic (exact) mass is 659 g/mol. The van der Waals surface area contributed by atoms with Crippen LogP contribution in [0.2, 0.25) is 39.3 Å². The molecule has 7 heteroatoms. The average molecular weight is 661 g/mol. The second kappa shape index (κ2) is 19.0. The maximum atomic E-state index is 9.13. The molecule has 5 rings (SSSR count). The van der Waals surface area contributed by atoms with Crippen LogP contribution in [0.15, 0.2) is 84.9 Å². The van der Waals surface area contributed by atoms with Crippen LogP contribution >= 0.6 is 24.8 Å². The van der Waals surface area contributed by atoms with Crippen molar-refractivity contribution in [3.05, 3.63) is 98.8 Å². The molecule has 1 N–H and O–H groups in total. The summed E-state index contributed by atoms with van der Waals surface area (Å²) in [6.07, 6.45) is 0. The molecule has 5 aromatic carbocycles. The fraction of sp³-hybridized carbons (Fsp3) is 0.242. The van der Waals surface area contributed by atoms with E-state index in [-0.39, 0.29) is 24.8 Å². The number of benzene rings is 4. The summed E-state index contributed by atoms with van der Waals surface area (Å²) in [4.78, 5) is 0. The minimum absolute atomic E-state index is 0. The van der Waals surface area contributed by atoms with Gasteiger partial charge in [-0.25, -0.2) is 0 Å². The molecule has 2 radical (unpaired) electrons. The van der Waals surface area contributed by atoms with Gasteiger partial charge in [0.05, 0.1) is 16.1 Å². The average Bonchev–Trinajstić information content (AvgIpc) is 3.29. The Labute approximate surface area is 271 Å². The number of hydrogen-bond acceptors (Lipinski definition) is 1. The zero-order chi connectivity index (χ0) is 29.1. The van der Waals surface area contributed by atoms with Crippen LogP contribution in [0.3, 0.4) is 0 Å². The molecule has 0 aliphatic carbocycles. The maximum absolute atomic E-state index is 9.13. The van der Waals surface area contributed by atoms with Crippen LogP contribution in [0.1, 0.15) is 13.8 Å². The molecule has 0 atom stereocenters. The van der Waals surface area contributed by atoms with Gasteiger partial charge in [-0.05, 0) is 22.9 Å². The quantitative estimate of drug-likeness (QED) is 0.148. The van der Waals surface area contributed by atoms with Crippen molar-refractivity contribution in [2.75, 3.05) is 0 Å². The molecule has 0 bridgehead atoms. The Kier molecular flexibility index (Phi) is 19.5. The molecule has 0 aliphatic rings. The summed E-state index contributed by atoms with van der Waals surface area (Å²) < 4.78 is 0. The molecule has 0 saturated carbocycles. The molecule has 0 saturated heterocycles. The van der Waals surface area contributed by atoms with Crippen molar-refractivity contribution in [1.29, 1.82) is 0 Å². The van der Waals surface area contributed by atoms with E-state index in [1.807, 2.05) is 30.3 Å². The first-order valence-electron chi connectivity index (χ1n) is 13.0. The first-order valence-corrected chi connectivity index (χ1v) is 22.8. The third kappa shape index (κ3) is 11.2. The van der Waals surface area contributed by atoms with Crippen LogP contribution in [0.5, 0.6) is 5.75 Å². The van der Waals surface area contributed by atoms with E-state index in [1.165, 1.54) is 21.5 Å². The number of hydrogen-bond donors (Lipinski definition) is 1. The molecule has 0 aliphatic heterocycles. The van der Waals surface area contributed by atoms with Gasteiger partial charge in [0.15, 0.2) is 0 Å². The zero-order valence-electron chi connectivity index (χ0n) is 25.3. The fourth-order valence-corrected chi connectivity index (χ4v) is 6.43. The Morgan fingerprint density at radius 2 is 1.00 bits per heavy atom. The number of phenolic OH excluding ortho intramolecular Hbond substituents is 1. The second-order valence-corrected chi connectivity index (χ2v) is 20.9. The standard InChI is InChI=1S/C19H25Si2.C10H8O.2C2H5.2ClH.Si.Ti/c1-20(2,3)16-9-7-14-11-15-8-10-17(21(4,5)6)13-19(15)18(14)12-16;11-10-6-5-8-3-1-2-4-9(8)7-10;2*1-2;;;;/h7-13H,1-6H3;1-7,11H;2*1H2,2H3;2*1H;;/q-1;;2*-1;;;;.